The normalized spacial score (nSPS) is 22.8. The topological polar surface area (TPSA) is 16.8 Å². The molecule has 2 unspecified atom stereocenters. The van der Waals surface area contributed by atoms with Crippen LogP contribution in [0.1, 0.15) is 78.1 Å². The van der Waals surface area contributed by atoms with Gasteiger partial charge in [-0.3, -0.25) is 0 Å². The summed E-state index contributed by atoms with van der Waals surface area (Å²) in [6, 6.07) is 11.7. The van der Waals surface area contributed by atoms with E-state index in [2.05, 4.69) is 82.8 Å². The van der Waals surface area contributed by atoms with Crippen LogP contribution in [-0.4, -0.2) is 4.98 Å². The zero-order valence-electron chi connectivity index (χ0n) is 16.1. The molecule has 2 heterocycles. The summed E-state index contributed by atoms with van der Waals surface area (Å²) < 4.78 is 2.41. The minimum atomic E-state index is 0.0660. The summed E-state index contributed by atoms with van der Waals surface area (Å²) in [6.45, 7) is 13.7. The van der Waals surface area contributed by atoms with Crippen molar-refractivity contribution in [2.45, 2.75) is 77.7 Å². The van der Waals surface area contributed by atoms with Crippen molar-refractivity contribution < 1.29 is 4.57 Å². The second-order valence-electron chi connectivity index (χ2n) is 8.30. The summed E-state index contributed by atoms with van der Waals surface area (Å²) in [6.07, 6.45) is 5.66. The molecule has 0 N–H and O–H groups in total. The van der Waals surface area contributed by atoms with Crippen molar-refractivity contribution in [3.05, 3.63) is 47.9 Å². The highest BCUT2D eigenvalue weighted by Crippen LogP contribution is 2.47. The van der Waals surface area contributed by atoms with Crippen molar-refractivity contribution in [2.24, 2.45) is 0 Å². The van der Waals surface area contributed by atoms with E-state index >= 15 is 0 Å². The van der Waals surface area contributed by atoms with Gasteiger partial charge in [-0.2, -0.15) is 0 Å². The molecule has 2 nitrogen and oxygen atoms in total. The van der Waals surface area contributed by atoms with Crippen LogP contribution in [0.15, 0.2) is 36.7 Å². The van der Waals surface area contributed by atoms with Gasteiger partial charge in [-0.25, -0.2) is 4.57 Å². The largest absolute Gasteiger partial charge is 0.287 e. The molecule has 2 atom stereocenters. The van der Waals surface area contributed by atoms with Crippen molar-refractivity contribution in [2.75, 3.05) is 0 Å². The fraction of sp³-hybridized carbons (Fsp3) is 0.545. The van der Waals surface area contributed by atoms with Gasteiger partial charge in [0.2, 0.25) is 0 Å². The third kappa shape index (κ3) is 2.47. The Bertz CT molecular complexity index is 742. The third-order valence-electron chi connectivity index (χ3n) is 5.92. The number of nitrogens with zero attached hydrogens (tertiary/aromatic N) is 2. The van der Waals surface area contributed by atoms with E-state index in [9.17, 15) is 0 Å². The summed E-state index contributed by atoms with van der Waals surface area (Å²) in [5, 5.41) is 0. The van der Waals surface area contributed by atoms with Gasteiger partial charge in [-0.1, -0.05) is 70.3 Å². The van der Waals surface area contributed by atoms with Crippen molar-refractivity contribution in [1.29, 1.82) is 0 Å². The molecule has 1 aliphatic rings. The highest BCUT2D eigenvalue weighted by atomic mass is 15.1. The molecule has 24 heavy (non-hydrogen) atoms. The average Bonchev–Trinajstić information content (AvgIpc) is 2.57. The smallest absolute Gasteiger partial charge is 0.226 e. The lowest BCUT2D eigenvalue weighted by molar-refractivity contribution is -0.724. The summed E-state index contributed by atoms with van der Waals surface area (Å²) in [7, 11) is 0. The Balaban J connectivity index is 2.28. The van der Waals surface area contributed by atoms with Gasteiger partial charge < -0.3 is 0 Å². The first-order valence-electron chi connectivity index (χ1n) is 9.36. The average molecular weight is 324 g/mol. The molecule has 0 bridgehead atoms. The maximum Gasteiger partial charge on any atom is 0.287 e. The molecule has 1 aromatic carbocycles. The SMILES string of the molecule is CCCC1(CC)c2ccccc2-c2cc(C(C)(C)C)nc[n+]2C1C. The van der Waals surface area contributed by atoms with Gasteiger partial charge in [-0.15, -0.1) is 0 Å². The first-order chi connectivity index (χ1) is 11.3. The van der Waals surface area contributed by atoms with E-state index in [0.29, 0.717) is 6.04 Å². The van der Waals surface area contributed by atoms with Crippen LogP contribution in [0.5, 0.6) is 0 Å². The second kappa shape index (κ2) is 5.98. The quantitative estimate of drug-likeness (QED) is 0.695. The summed E-state index contributed by atoms with van der Waals surface area (Å²) in [5.41, 5.74) is 5.66. The molecule has 1 aliphatic heterocycles. The lowest BCUT2D eigenvalue weighted by Crippen LogP contribution is -2.55. The molecular weight excluding hydrogens is 292 g/mol. The Labute approximate surface area is 147 Å². The Morgan fingerprint density at radius 3 is 2.50 bits per heavy atom. The maximum absolute atomic E-state index is 4.81. The Kier molecular flexibility index (Phi) is 4.27. The van der Waals surface area contributed by atoms with Crippen molar-refractivity contribution in [3.8, 4) is 11.3 Å². The molecule has 1 aromatic heterocycles. The molecule has 0 fully saturated rings. The molecular formula is C22H31N2+. The van der Waals surface area contributed by atoms with Gasteiger partial charge in [0.25, 0.3) is 6.33 Å². The highest BCUT2D eigenvalue weighted by Gasteiger charge is 2.46. The van der Waals surface area contributed by atoms with Crippen LogP contribution in [0.2, 0.25) is 0 Å². The fourth-order valence-electron chi connectivity index (χ4n) is 4.45. The van der Waals surface area contributed by atoms with E-state index in [4.69, 9.17) is 4.98 Å². The van der Waals surface area contributed by atoms with Crippen molar-refractivity contribution >= 4 is 0 Å². The monoisotopic (exact) mass is 323 g/mol. The number of aromatic nitrogens is 2. The van der Waals surface area contributed by atoms with Crippen LogP contribution in [0.25, 0.3) is 11.3 Å². The molecule has 0 radical (unpaired) electrons. The summed E-state index contributed by atoms with van der Waals surface area (Å²) in [4.78, 5) is 4.81. The number of fused-ring (bicyclic) bond motifs is 3. The first-order valence-corrected chi connectivity index (χ1v) is 9.36. The molecule has 2 aromatic rings. The fourth-order valence-corrected chi connectivity index (χ4v) is 4.45. The van der Waals surface area contributed by atoms with Crippen molar-refractivity contribution in [1.82, 2.24) is 4.98 Å². The first kappa shape index (κ1) is 17.1. The van der Waals surface area contributed by atoms with Crippen molar-refractivity contribution in [3.63, 3.8) is 0 Å². The molecule has 0 saturated carbocycles. The van der Waals surface area contributed by atoms with E-state index in [1.807, 2.05) is 0 Å². The number of rotatable bonds is 3. The predicted molar refractivity (Wildman–Crippen MR) is 100 cm³/mol. The number of hydrogen-bond donors (Lipinski definition) is 0. The zero-order chi connectivity index (χ0) is 17.5. The Morgan fingerprint density at radius 2 is 1.88 bits per heavy atom. The third-order valence-corrected chi connectivity index (χ3v) is 5.92. The molecule has 0 amide bonds. The van der Waals surface area contributed by atoms with E-state index in [1.165, 1.54) is 29.7 Å². The van der Waals surface area contributed by atoms with E-state index < -0.39 is 0 Å². The molecule has 2 heteroatoms. The van der Waals surface area contributed by atoms with Gasteiger partial charge >= 0.3 is 0 Å². The van der Waals surface area contributed by atoms with Gasteiger partial charge in [0.1, 0.15) is 11.7 Å². The van der Waals surface area contributed by atoms with E-state index in [-0.39, 0.29) is 10.8 Å². The highest BCUT2D eigenvalue weighted by molar-refractivity contribution is 5.65. The summed E-state index contributed by atoms with van der Waals surface area (Å²) in [5.74, 6) is 0. The number of hydrogen-bond acceptors (Lipinski definition) is 1. The van der Waals surface area contributed by atoms with Gasteiger partial charge in [0.05, 0.1) is 0 Å². The van der Waals surface area contributed by atoms with Gasteiger partial charge in [-0.05, 0) is 25.3 Å². The van der Waals surface area contributed by atoms with Crippen LogP contribution in [0, 0.1) is 0 Å². The number of benzene rings is 1. The minimum absolute atomic E-state index is 0.0660. The van der Waals surface area contributed by atoms with Crippen LogP contribution < -0.4 is 4.57 Å². The summed E-state index contributed by atoms with van der Waals surface area (Å²) >= 11 is 0. The van der Waals surface area contributed by atoms with Crippen LogP contribution in [0.4, 0.5) is 0 Å². The zero-order valence-corrected chi connectivity index (χ0v) is 16.1. The molecule has 128 valence electrons. The maximum atomic E-state index is 4.81. The van der Waals surface area contributed by atoms with Gasteiger partial charge in [0.15, 0.2) is 5.69 Å². The predicted octanol–water partition coefficient (Wildman–Crippen LogP) is 5.36. The minimum Gasteiger partial charge on any atom is -0.226 e. The van der Waals surface area contributed by atoms with Gasteiger partial charge in [0, 0.05) is 22.5 Å². The van der Waals surface area contributed by atoms with Crippen LogP contribution in [0.3, 0.4) is 0 Å². The van der Waals surface area contributed by atoms with E-state index in [1.54, 1.807) is 0 Å². The Hall–Kier alpha value is -1.70. The Morgan fingerprint density at radius 1 is 1.17 bits per heavy atom. The van der Waals surface area contributed by atoms with Crippen LogP contribution >= 0.6 is 0 Å². The second-order valence-corrected chi connectivity index (χ2v) is 8.30. The lowest BCUT2D eigenvalue weighted by Gasteiger charge is -2.42. The van der Waals surface area contributed by atoms with Crippen LogP contribution in [-0.2, 0) is 10.8 Å². The molecule has 0 aliphatic carbocycles. The standard InChI is InChI=1S/C22H31N2/c1-7-13-22(8-2)16(3)24-15-23-20(21(4,5)6)14-19(24)17-11-9-10-12-18(17)22/h9-12,14-16H,7-8,13H2,1-6H3/q+1. The molecule has 0 saturated heterocycles. The molecule has 0 spiro atoms. The molecule has 3 rings (SSSR count). The lowest BCUT2D eigenvalue weighted by atomic mass is 9.65. The van der Waals surface area contributed by atoms with E-state index in [0.717, 1.165) is 12.1 Å².